The number of hydrogen-bond donors (Lipinski definition) is 2. The monoisotopic (exact) mass is 446 g/mol. The Morgan fingerprint density at radius 1 is 1.16 bits per heavy atom. The van der Waals surface area contributed by atoms with E-state index in [-0.39, 0.29) is 5.91 Å². The van der Waals surface area contributed by atoms with E-state index in [4.69, 9.17) is 4.74 Å². The van der Waals surface area contributed by atoms with Gasteiger partial charge in [0.2, 0.25) is 0 Å². The molecule has 2 N–H and O–H groups in total. The summed E-state index contributed by atoms with van der Waals surface area (Å²) in [6.07, 6.45) is 0. The lowest BCUT2D eigenvalue weighted by Crippen LogP contribution is -2.11. The van der Waals surface area contributed by atoms with E-state index in [2.05, 4.69) is 26.3 Å². The number of thiazole rings is 2. The van der Waals surface area contributed by atoms with Gasteiger partial charge in [-0.25, -0.2) is 9.97 Å². The first-order valence-electron chi connectivity index (χ1n) is 9.62. The average Bonchev–Trinajstić information content (AvgIpc) is 3.52. The molecule has 0 aliphatic carbocycles. The van der Waals surface area contributed by atoms with Gasteiger partial charge in [0, 0.05) is 38.5 Å². The minimum Gasteiger partial charge on any atom is -0.487 e. The first kappa shape index (κ1) is 19.5. The van der Waals surface area contributed by atoms with Crippen LogP contribution in [0, 0.1) is 6.92 Å². The first-order valence-corrected chi connectivity index (χ1v) is 11.4. The number of hydrogen-bond acceptors (Lipinski definition) is 6. The zero-order valence-electron chi connectivity index (χ0n) is 16.6. The number of aromatic nitrogens is 3. The minimum absolute atomic E-state index is 0.226. The maximum Gasteiger partial charge on any atom is 0.257 e. The number of carbonyl (C=O) groups is 1. The maximum absolute atomic E-state index is 12.8. The molecule has 5 aromatic rings. The summed E-state index contributed by atoms with van der Waals surface area (Å²) in [7, 11) is 0. The van der Waals surface area contributed by atoms with Gasteiger partial charge in [0.05, 0.1) is 16.9 Å². The van der Waals surface area contributed by atoms with Gasteiger partial charge in [-0.15, -0.1) is 22.7 Å². The summed E-state index contributed by atoms with van der Waals surface area (Å²) in [5, 5.41) is 8.47. The number of para-hydroxylation sites is 1. The molecule has 31 heavy (non-hydrogen) atoms. The average molecular weight is 447 g/mol. The molecule has 0 aliphatic rings. The zero-order chi connectivity index (χ0) is 21.2. The molecule has 0 aliphatic heterocycles. The van der Waals surface area contributed by atoms with E-state index < -0.39 is 0 Å². The molecule has 0 fully saturated rings. The van der Waals surface area contributed by atoms with Crippen molar-refractivity contribution in [3.05, 3.63) is 81.8 Å². The van der Waals surface area contributed by atoms with Gasteiger partial charge in [0.25, 0.3) is 5.91 Å². The molecule has 2 aromatic carbocycles. The molecule has 1 amide bonds. The summed E-state index contributed by atoms with van der Waals surface area (Å²) in [5.74, 6) is 0.394. The highest BCUT2D eigenvalue weighted by Gasteiger charge is 2.15. The number of nitrogens with zero attached hydrogens (tertiary/aromatic N) is 2. The van der Waals surface area contributed by atoms with Crippen molar-refractivity contribution in [2.45, 2.75) is 13.5 Å². The number of aromatic amines is 1. The van der Waals surface area contributed by atoms with Crippen molar-refractivity contribution in [2.24, 2.45) is 0 Å². The molecule has 154 valence electrons. The third-order valence-electron chi connectivity index (χ3n) is 4.84. The summed E-state index contributed by atoms with van der Waals surface area (Å²) in [5.41, 5.74) is 7.17. The molecule has 3 aromatic heterocycles. The van der Waals surface area contributed by atoms with Crippen LogP contribution >= 0.6 is 22.7 Å². The second kappa shape index (κ2) is 8.33. The molecular formula is C23H18N4O2S2. The van der Waals surface area contributed by atoms with Crippen LogP contribution in [-0.2, 0) is 6.61 Å². The Hall–Kier alpha value is -3.49. The van der Waals surface area contributed by atoms with Crippen LogP contribution in [0.1, 0.15) is 21.7 Å². The number of H-pyrrole nitrogens is 1. The number of anilines is 1. The molecule has 0 bridgehead atoms. The van der Waals surface area contributed by atoms with Crippen molar-refractivity contribution in [2.75, 3.05) is 5.32 Å². The highest BCUT2D eigenvalue weighted by Crippen LogP contribution is 2.34. The molecule has 0 saturated carbocycles. The molecular weight excluding hydrogens is 428 g/mol. The Morgan fingerprint density at radius 2 is 2.06 bits per heavy atom. The van der Waals surface area contributed by atoms with Gasteiger partial charge in [-0.3, -0.25) is 10.1 Å². The fourth-order valence-corrected chi connectivity index (χ4v) is 4.65. The second-order valence-corrected chi connectivity index (χ2v) is 8.54. The van der Waals surface area contributed by atoms with Gasteiger partial charge in [-0.1, -0.05) is 24.3 Å². The van der Waals surface area contributed by atoms with Crippen molar-refractivity contribution in [3.63, 3.8) is 0 Å². The van der Waals surface area contributed by atoms with E-state index in [0.717, 1.165) is 33.5 Å². The lowest BCUT2D eigenvalue weighted by molar-refractivity contribution is 0.102. The van der Waals surface area contributed by atoms with Crippen molar-refractivity contribution in [1.82, 2.24) is 15.0 Å². The number of benzene rings is 2. The van der Waals surface area contributed by atoms with Gasteiger partial charge in [0.1, 0.15) is 12.4 Å². The molecule has 0 saturated heterocycles. The molecule has 6 nitrogen and oxygen atoms in total. The van der Waals surface area contributed by atoms with Crippen LogP contribution in [0.15, 0.2) is 64.8 Å². The number of nitrogens with one attached hydrogen (secondary N) is 2. The van der Waals surface area contributed by atoms with Gasteiger partial charge < -0.3 is 9.72 Å². The Kier molecular flexibility index (Phi) is 5.23. The maximum atomic E-state index is 12.8. The lowest BCUT2D eigenvalue weighted by atomic mass is 10.1. The number of carbonyl (C=O) groups excluding carboxylic acids is 1. The Labute approximate surface area is 186 Å². The van der Waals surface area contributed by atoms with Crippen LogP contribution in [0.25, 0.3) is 22.2 Å². The van der Waals surface area contributed by atoms with Crippen LogP contribution in [0.2, 0.25) is 0 Å². The predicted molar refractivity (Wildman–Crippen MR) is 125 cm³/mol. The largest absolute Gasteiger partial charge is 0.487 e. The Bertz CT molecular complexity index is 1360. The van der Waals surface area contributed by atoms with E-state index >= 15 is 0 Å². The third-order valence-corrected chi connectivity index (χ3v) is 6.23. The standard InChI is InChI=1S/C23H18N4O2S2/c1-14-21(18-7-2-3-8-19(18)25-14)20-12-31-23(26-20)27-22(28)15-5-4-6-17(9-15)29-10-16-11-30-13-24-16/h2-9,11-13,25H,10H2,1H3,(H,26,27,28). The molecule has 3 heterocycles. The number of amides is 1. The van der Waals surface area contributed by atoms with Gasteiger partial charge in [0.15, 0.2) is 5.13 Å². The molecule has 0 unspecified atom stereocenters. The molecule has 0 atom stereocenters. The van der Waals surface area contributed by atoms with Gasteiger partial charge in [-0.2, -0.15) is 0 Å². The highest BCUT2D eigenvalue weighted by molar-refractivity contribution is 7.14. The fourth-order valence-electron chi connectivity index (χ4n) is 3.42. The second-order valence-electron chi connectivity index (χ2n) is 6.96. The smallest absolute Gasteiger partial charge is 0.257 e. The van der Waals surface area contributed by atoms with Crippen LogP contribution in [0.3, 0.4) is 0 Å². The lowest BCUT2D eigenvalue weighted by Gasteiger charge is -2.07. The van der Waals surface area contributed by atoms with E-state index in [0.29, 0.717) is 23.1 Å². The SMILES string of the molecule is Cc1[nH]c2ccccc2c1-c1csc(NC(=O)c2cccc(OCc3cscn3)c2)n1. The third kappa shape index (κ3) is 4.08. The van der Waals surface area contributed by atoms with E-state index in [9.17, 15) is 4.79 Å². The summed E-state index contributed by atoms with van der Waals surface area (Å²) >= 11 is 2.93. The van der Waals surface area contributed by atoms with Gasteiger partial charge >= 0.3 is 0 Å². The zero-order valence-corrected chi connectivity index (χ0v) is 18.2. The number of aryl methyl sites for hydroxylation is 1. The quantitative estimate of drug-likeness (QED) is 0.341. The summed E-state index contributed by atoms with van der Waals surface area (Å²) < 4.78 is 5.75. The van der Waals surface area contributed by atoms with Crippen molar-refractivity contribution < 1.29 is 9.53 Å². The van der Waals surface area contributed by atoms with E-state index in [1.165, 1.54) is 22.7 Å². The minimum atomic E-state index is -0.226. The summed E-state index contributed by atoms with van der Waals surface area (Å²) in [6, 6.07) is 15.2. The predicted octanol–water partition coefficient (Wildman–Crippen LogP) is 5.89. The number of fused-ring (bicyclic) bond motifs is 1. The van der Waals surface area contributed by atoms with Crippen molar-refractivity contribution >= 4 is 44.6 Å². The number of rotatable bonds is 6. The molecule has 0 radical (unpaired) electrons. The van der Waals surface area contributed by atoms with E-state index in [1.54, 1.807) is 23.7 Å². The van der Waals surface area contributed by atoms with Crippen LogP contribution in [0.4, 0.5) is 5.13 Å². The van der Waals surface area contributed by atoms with Crippen molar-refractivity contribution in [3.8, 4) is 17.0 Å². The highest BCUT2D eigenvalue weighted by atomic mass is 32.1. The first-order chi connectivity index (χ1) is 15.2. The Balaban J connectivity index is 1.32. The summed E-state index contributed by atoms with van der Waals surface area (Å²) in [6.45, 7) is 2.40. The van der Waals surface area contributed by atoms with Crippen LogP contribution in [0.5, 0.6) is 5.75 Å². The van der Waals surface area contributed by atoms with Gasteiger partial charge in [-0.05, 0) is 31.2 Å². The van der Waals surface area contributed by atoms with E-state index in [1.807, 2.05) is 41.9 Å². The Morgan fingerprint density at radius 3 is 2.94 bits per heavy atom. The van der Waals surface area contributed by atoms with Crippen LogP contribution < -0.4 is 10.1 Å². The fraction of sp³-hybridized carbons (Fsp3) is 0.0870. The molecule has 8 heteroatoms. The number of ether oxygens (including phenoxy) is 1. The van der Waals surface area contributed by atoms with Crippen LogP contribution in [-0.4, -0.2) is 20.9 Å². The normalized spacial score (nSPS) is 11.0. The van der Waals surface area contributed by atoms with Crippen molar-refractivity contribution in [1.29, 1.82) is 0 Å². The molecule has 5 rings (SSSR count). The molecule has 0 spiro atoms. The topological polar surface area (TPSA) is 79.9 Å². The summed E-state index contributed by atoms with van der Waals surface area (Å²) in [4.78, 5) is 25.0.